The van der Waals surface area contributed by atoms with Crippen LogP contribution in [-0.4, -0.2) is 67.7 Å². The monoisotopic (exact) mass is 505 g/mol. The summed E-state index contributed by atoms with van der Waals surface area (Å²) in [5.74, 6) is -0.515. The van der Waals surface area contributed by atoms with Crippen LogP contribution in [0.3, 0.4) is 0 Å². The number of aliphatic hydroxyl groups is 1. The summed E-state index contributed by atoms with van der Waals surface area (Å²) in [6.07, 6.45) is 3.14. The molecule has 0 unspecified atom stereocenters. The molecule has 190 valence electrons. The van der Waals surface area contributed by atoms with Crippen LogP contribution in [0.2, 0.25) is 0 Å². The molecule has 35 heavy (non-hydrogen) atoms. The Kier molecular flexibility index (Phi) is 8.52. The number of ether oxygens (including phenoxy) is 1. The lowest BCUT2D eigenvalue weighted by molar-refractivity contribution is 0.0830. The number of urea groups is 1. The van der Waals surface area contributed by atoms with Crippen LogP contribution in [0.1, 0.15) is 26.3 Å². The van der Waals surface area contributed by atoms with Crippen LogP contribution in [0.15, 0.2) is 53.4 Å². The first kappa shape index (κ1) is 26.7. The van der Waals surface area contributed by atoms with Gasteiger partial charge in [0.25, 0.3) is 0 Å². The molecule has 2 amide bonds. The van der Waals surface area contributed by atoms with Gasteiger partial charge in [0.1, 0.15) is 22.6 Å². The van der Waals surface area contributed by atoms with Crippen molar-refractivity contribution in [2.75, 3.05) is 32.1 Å². The van der Waals surface area contributed by atoms with Crippen molar-refractivity contribution >= 4 is 27.8 Å². The third-order valence-electron chi connectivity index (χ3n) is 5.95. The molecule has 0 saturated heterocycles. The topological polar surface area (TPSA) is 99.2 Å². The van der Waals surface area contributed by atoms with Crippen LogP contribution in [0.25, 0.3) is 6.08 Å². The fourth-order valence-electron chi connectivity index (χ4n) is 3.86. The zero-order valence-corrected chi connectivity index (χ0v) is 21.1. The molecule has 3 atom stereocenters. The maximum absolute atomic E-state index is 13.5. The van der Waals surface area contributed by atoms with E-state index in [9.17, 15) is 22.7 Å². The number of benzene rings is 2. The fraction of sp³-hybridized carbons (Fsp3) is 0.400. The average molecular weight is 506 g/mol. The van der Waals surface area contributed by atoms with Crippen molar-refractivity contribution in [2.24, 2.45) is 5.92 Å². The Bertz CT molecular complexity index is 1170. The molecule has 0 fully saturated rings. The highest BCUT2D eigenvalue weighted by molar-refractivity contribution is 7.89. The molecule has 0 saturated carbocycles. The van der Waals surface area contributed by atoms with Gasteiger partial charge in [-0.3, -0.25) is 0 Å². The number of allylic oxidation sites excluding steroid dienone is 1. The van der Waals surface area contributed by atoms with Gasteiger partial charge in [0.05, 0.1) is 13.2 Å². The number of amides is 2. The lowest BCUT2D eigenvalue weighted by Crippen LogP contribution is -2.50. The number of nitrogens with one attached hydrogen (secondary N) is 1. The van der Waals surface area contributed by atoms with E-state index in [-0.39, 0.29) is 36.3 Å². The number of carbonyl (C=O) groups is 1. The predicted octanol–water partition coefficient (Wildman–Crippen LogP) is 3.79. The number of hydrogen-bond acceptors (Lipinski definition) is 5. The Labute approximate surface area is 206 Å². The third-order valence-corrected chi connectivity index (χ3v) is 7.97. The molecule has 2 aromatic carbocycles. The number of fused-ring (bicyclic) bond motifs is 1. The molecule has 0 bridgehead atoms. The van der Waals surface area contributed by atoms with Gasteiger partial charge < -0.3 is 20.1 Å². The van der Waals surface area contributed by atoms with Crippen molar-refractivity contribution < 1.29 is 27.4 Å². The van der Waals surface area contributed by atoms with Gasteiger partial charge in [0, 0.05) is 31.2 Å². The first-order chi connectivity index (χ1) is 16.6. The minimum atomic E-state index is -3.93. The largest absolute Gasteiger partial charge is 0.487 e. The summed E-state index contributed by atoms with van der Waals surface area (Å²) in [7, 11) is -2.32. The maximum atomic E-state index is 13.5. The summed E-state index contributed by atoms with van der Waals surface area (Å²) >= 11 is 0. The summed E-state index contributed by atoms with van der Waals surface area (Å²) < 4.78 is 47.6. The molecule has 3 rings (SSSR count). The summed E-state index contributed by atoms with van der Waals surface area (Å²) in [5, 5.41) is 12.5. The Morgan fingerprint density at radius 3 is 2.63 bits per heavy atom. The van der Waals surface area contributed by atoms with Gasteiger partial charge in [0.15, 0.2) is 0 Å². The Morgan fingerprint density at radius 1 is 1.31 bits per heavy atom. The molecule has 2 N–H and O–H groups in total. The minimum absolute atomic E-state index is 0.0152. The van der Waals surface area contributed by atoms with Crippen LogP contribution in [0.5, 0.6) is 5.75 Å². The van der Waals surface area contributed by atoms with Gasteiger partial charge in [-0.1, -0.05) is 25.1 Å². The Hall–Kier alpha value is -2.95. The van der Waals surface area contributed by atoms with Crippen LogP contribution in [0, 0.1) is 11.7 Å². The van der Waals surface area contributed by atoms with Gasteiger partial charge in [-0.05, 0) is 55.8 Å². The van der Waals surface area contributed by atoms with Crippen molar-refractivity contribution in [3.8, 4) is 5.75 Å². The van der Waals surface area contributed by atoms with Crippen molar-refractivity contribution in [2.45, 2.75) is 37.8 Å². The summed E-state index contributed by atoms with van der Waals surface area (Å²) in [6.45, 7) is 5.31. The number of nitrogens with zero attached hydrogens (tertiary/aromatic N) is 2. The quantitative estimate of drug-likeness (QED) is 0.622. The number of likely N-dealkylation sites (N-methyl/N-ethyl adjacent to an activating group) is 1. The summed E-state index contributed by atoms with van der Waals surface area (Å²) in [5.41, 5.74) is 1.22. The SMILES string of the molecule is C/C=C/c1ccc2c(c1)O[C@@H](CN(C)C(=O)Nc1ccc(F)cc1)[C@@H](C)CN([C@@H](C)CO)S2(=O)=O. The molecule has 0 spiro atoms. The van der Waals surface area contributed by atoms with E-state index in [2.05, 4.69) is 5.32 Å². The van der Waals surface area contributed by atoms with Crippen LogP contribution >= 0.6 is 0 Å². The van der Waals surface area contributed by atoms with E-state index < -0.39 is 34.0 Å². The number of halogens is 1. The van der Waals surface area contributed by atoms with Crippen molar-refractivity contribution in [1.29, 1.82) is 0 Å². The van der Waals surface area contributed by atoms with E-state index in [1.165, 1.54) is 39.5 Å². The Balaban J connectivity index is 1.92. The summed E-state index contributed by atoms with van der Waals surface area (Å²) in [6, 6.07) is 9.27. The van der Waals surface area contributed by atoms with E-state index in [4.69, 9.17) is 4.74 Å². The molecule has 2 aromatic rings. The lowest BCUT2D eigenvalue weighted by Gasteiger charge is -2.37. The van der Waals surface area contributed by atoms with E-state index in [1.807, 2.05) is 26.0 Å². The van der Waals surface area contributed by atoms with Crippen molar-refractivity contribution in [1.82, 2.24) is 9.21 Å². The standard InChI is InChI=1S/C25H32FN3O5S/c1-5-6-19-7-12-24-22(13-19)34-23(17(2)14-29(18(3)16-30)35(24,32)33)15-28(4)25(31)27-21-10-8-20(26)9-11-21/h5-13,17-18,23,30H,14-16H2,1-4H3,(H,27,31)/b6-5+/t17-,18-,23-/m0/s1. The molecule has 8 nitrogen and oxygen atoms in total. The molecule has 0 aliphatic carbocycles. The van der Waals surface area contributed by atoms with Gasteiger partial charge in [-0.25, -0.2) is 17.6 Å². The van der Waals surface area contributed by atoms with E-state index >= 15 is 0 Å². The lowest BCUT2D eigenvalue weighted by atomic mass is 10.0. The maximum Gasteiger partial charge on any atom is 0.321 e. The molecule has 10 heteroatoms. The zero-order chi connectivity index (χ0) is 25.8. The van der Waals surface area contributed by atoms with Gasteiger partial charge >= 0.3 is 6.03 Å². The summed E-state index contributed by atoms with van der Waals surface area (Å²) in [4.78, 5) is 14.2. The van der Waals surface area contributed by atoms with Crippen LogP contribution in [-0.2, 0) is 10.0 Å². The highest BCUT2D eigenvalue weighted by Gasteiger charge is 2.38. The second-order valence-electron chi connectivity index (χ2n) is 8.76. The molecular formula is C25H32FN3O5S. The Morgan fingerprint density at radius 2 is 2.00 bits per heavy atom. The van der Waals surface area contributed by atoms with Gasteiger partial charge in [0.2, 0.25) is 10.0 Å². The molecule has 1 heterocycles. The molecular weight excluding hydrogens is 473 g/mol. The second kappa shape index (κ2) is 11.2. The van der Waals surface area contributed by atoms with E-state index in [1.54, 1.807) is 26.1 Å². The smallest absolute Gasteiger partial charge is 0.321 e. The van der Waals surface area contributed by atoms with Gasteiger partial charge in [-0.15, -0.1) is 0 Å². The highest BCUT2D eigenvalue weighted by Crippen LogP contribution is 2.34. The predicted molar refractivity (Wildman–Crippen MR) is 133 cm³/mol. The van der Waals surface area contributed by atoms with Crippen LogP contribution < -0.4 is 10.1 Å². The minimum Gasteiger partial charge on any atom is -0.487 e. The highest BCUT2D eigenvalue weighted by atomic mass is 32.2. The number of carbonyl (C=O) groups excluding carboxylic acids is 1. The first-order valence-electron chi connectivity index (χ1n) is 11.4. The number of sulfonamides is 1. The van der Waals surface area contributed by atoms with Crippen LogP contribution in [0.4, 0.5) is 14.9 Å². The first-order valence-corrected chi connectivity index (χ1v) is 12.8. The molecule has 1 aliphatic rings. The zero-order valence-electron chi connectivity index (χ0n) is 20.3. The fourth-order valence-corrected chi connectivity index (χ4v) is 5.69. The molecule has 1 aliphatic heterocycles. The van der Waals surface area contributed by atoms with Crippen molar-refractivity contribution in [3.05, 3.63) is 59.9 Å². The number of rotatable bonds is 6. The number of anilines is 1. The van der Waals surface area contributed by atoms with Crippen molar-refractivity contribution in [3.63, 3.8) is 0 Å². The number of aliphatic hydroxyl groups excluding tert-OH is 1. The third kappa shape index (κ3) is 6.19. The second-order valence-corrected chi connectivity index (χ2v) is 10.6. The normalized spacial score (nSPS) is 20.9. The molecule has 0 radical (unpaired) electrons. The van der Waals surface area contributed by atoms with Gasteiger partial charge in [-0.2, -0.15) is 4.31 Å². The van der Waals surface area contributed by atoms with E-state index in [0.717, 1.165) is 5.56 Å². The number of hydrogen-bond donors (Lipinski definition) is 2. The molecule has 0 aromatic heterocycles. The van der Waals surface area contributed by atoms with E-state index in [0.29, 0.717) is 5.69 Å². The average Bonchev–Trinajstić information content (AvgIpc) is 2.82.